The molecular weight excluding hydrogens is 346 g/mol. The number of guanidine groups is 1. The summed E-state index contributed by atoms with van der Waals surface area (Å²) in [5.41, 5.74) is 0.802. The maximum absolute atomic E-state index is 12.5. The molecule has 0 saturated carbocycles. The molecule has 8 nitrogen and oxygen atoms in total. The fraction of sp³-hybridized carbons (Fsp3) is 0.632. The quantitative estimate of drug-likeness (QED) is 0.572. The molecule has 3 heterocycles. The molecule has 27 heavy (non-hydrogen) atoms. The molecule has 0 radical (unpaired) electrons. The van der Waals surface area contributed by atoms with Crippen LogP contribution >= 0.6 is 0 Å². The van der Waals surface area contributed by atoms with Crippen LogP contribution in [0.2, 0.25) is 0 Å². The number of ether oxygens (including phenoxy) is 1. The number of aliphatic imine (C=N–C) groups is 1. The molecule has 0 spiro atoms. The number of aliphatic hydroxyl groups excluding tert-OH is 1. The molecule has 2 saturated heterocycles. The normalized spacial score (nSPS) is 22.0. The number of aliphatic hydroxyl groups is 1. The molecule has 3 rings (SSSR count). The summed E-state index contributed by atoms with van der Waals surface area (Å²) in [6.07, 6.45) is 4.21. The summed E-state index contributed by atoms with van der Waals surface area (Å²) >= 11 is 0. The van der Waals surface area contributed by atoms with Gasteiger partial charge in [-0.25, -0.2) is 0 Å². The van der Waals surface area contributed by atoms with E-state index < -0.39 is 6.10 Å². The summed E-state index contributed by atoms with van der Waals surface area (Å²) in [5, 5.41) is 13.6. The first-order chi connectivity index (χ1) is 13.2. The van der Waals surface area contributed by atoms with Crippen LogP contribution in [0.1, 0.15) is 31.4 Å². The number of rotatable bonds is 5. The van der Waals surface area contributed by atoms with E-state index in [1.165, 1.54) is 0 Å². The van der Waals surface area contributed by atoms with Crippen LogP contribution in [0, 0.1) is 0 Å². The molecule has 148 valence electrons. The first kappa shape index (κ1) is 19.6. The molecule has 1 amide bonds. The predicted octanol–water partition coefficient (Wildman–Crippen LogP) is 0.404. The van der Waals surface area contributed by atoms with E-state index in [4.69, 9.17) is 4.74 Å². The van der Waals surface area contributed by atoms with Crippen LogP contribution in [0.5, 0.6) is 0 Å². The van der Waals surface area contributed by atoms with Crippen molar-refractivity contribution in [2.45, 2.75) is 32.0 Å². The van der Waals surface area contributed by atoms with Gasteiger partial charge in [0.15, 0.2) is 5.96 Å². The summed E-state index contributed by atoms with van der Waals surface area (Å²) in [6.45, 7) is 6.50. The molecule has 0 aliphatic carbocycles. The Morgan fingerprint density at radius 1 is 1.33 bits per heavy atom. The Labute approximate surface area is 160 Å². The van der Waals surface area contributed by atoms with Crippen molar-refractivity contribution in [1.29, 1.82) is 0 Å². The number of hydrogen-bond donors (Lipinski definition) is 2. The van der Waals surface area contributed by atoms with Crippen LogP contribution in [0.15, 0.2) is 29.5 Å². The molecule has 2 aliphatic rings. The van der Waals surface area contributed by atoms with Gasteiger partial charge in [0.05, 0.1) is 12.6 Å². The molecule has 2 N–H and O–H groups in total. The lowest BCUT2D eigenvalue weighted by molar-refractivity contribution is -0.142. The molecule has 2 atom stereocenters. The number of hydrogen-bond acceptors (Lipinski definition) is 5. The van der Waals surface area contributed by atoms with Crippen molar-refractivity contribution in [2.24, 2.45) is 4.99 Å². The highest BCUT2D eigenvalue weighted by Crippen LogP contribution is 2.16. The average molecular weight is 375 g/mol. The average Bonchev–Trinajstić information content (AvgIpc) is 3.26. The van der Waals surface area contributed by atoms with Gasteiger partial charge in [-0.15, -0.1) is 0 Å². The maximum atomic E-state index is 12.5. The van der Waals surface area contributed by atoms with E-state index >= 15 is 0 Å². The number of carbonyl (C=O) groups is 1. The summed E-state index contributed by atoms with van der Waals surface area (Å²) in [7, 11) is 0. The number of aromatic nitrogens is 1. The third kappa shape index (κ3) is 5.17. The van der Waals surface area contributed by atoms with Gasteiger partial charge in [0, 0.05) is 51.7 Å². The van der Waals surface area contributed by atoms with Crippen LogP contribution in [0.4, 0.5) is 0 Å². The number of amides is 1. The van der Waals surface area contributed by atoms with Crippen LogP contribution in [-0.4, -0.2) is 83.7 Å². The monoisotopic (exact) mass is 375 g/mol. The Hall–Kier alpha value is -2.19. The van der Waals surface area contributed by atoms with Gasteiger partial charge in [0.25, 0.3) is 5.91 Å². The van der Waals surface area contributed by atoms with Crippen LogP contribution in [0.25, 0.3) is 0 Å². The lowest BCUT2D eigenvalue weighted by Gasteiger charge is -2.37. The fourth-order valence-electron chi connectivity index (χ4n) is 3.40. The lowest BCUT2D eigenvalue weighted by Crippen LogP contribution is -2.55. The summed E-state index contributed by atoms with van der Waals surface area (Å²) < 4.78 is 5.51. The number of pyridine rings is 1. The van der Waals surface area contributed by atoms with E-state index in [1.807, 2.05) is 11.8 Å². The Bertz CT molecular complexity index is 625. The fourth-order valence-corrected chi connectivity index (χ4v) is 3.40. The van der Waals surface area contributed by atoms with Crippen molar-refractivity contribution < 1.29 is 14.6 Å². The number of carbonyl (C=O) groups excluding carboxylic acids is 1. The van der Waals surface area contributed by atoms with Crippen molar-refractivity contribution in [3.63, 3.8) is 0 Å². The zero-order valence-electron chi connectivity index (χ0n) is 15.9. The van der Waals surface area contributed by atoms with Crippen LogP contribution in [0.3, 0.4) is 0 Å². The standard InChI is InChI=1S/C19H29N5O3/c1-2-21-19(22-14-16(25)15-5-7-20-8-6-15)24-11-9-23(10-12-24)18(26)17-4-3-13-27-17/h5-8,16-17,25H,2-4,9-14H2,1H3,(H,21,22). The lowest BCUT2D eigenvalue weighted by atomic mass is 10.1. The van der Waals surface area contributed by atoms with Crippen molar-refractivity contribution in [3.8, 4) is 0 Å². The Morgan fingerprint density at radius 2 is 2.04 bits per heavy atom. The smallest absolute Gasteiger partial charge is 0.251 e. The van der Waals surface area contributed by atoms with Gasteiger partial charge in [0.1, 0.15) is 6.10 Å². The Kier molecular flexibility index (Phi) is 7.00. The minimum atomic E-state index is -0.663. The van der Waals surface area contributed by atoms with Crippen molar-refractivity contribution >= 4 is 11.9 Å². The summed E-state index contributed by atoms with van der Waals surface area (Å²) in [4.78, 5) is 25.1. The Morgan fingerprint density at radius 3 is 2.67 bits per heavy atom. The zero-order valence-corrected chi connectivity index (χ0v) is 15.9. The third-order valence-corrected chi connectivity index (χ3v) is 4.94. The zero-order chi connectivity index (χ0) is 19.1. The molecular formula is C19H29N5O3. The molecule has 0 bridgehead atoms. The van der Waals surface area contributed by atoms with Crippen molar-refractivity contribution in [1.82, 2.24) is 20.1 Å². The first-order valence-electron chi connectivity index (χ1n) is 9.70. The molecule has 1 aromatic rings. The number of piperazine rings is 1. The van der Waals surface area contributed by atoms with Crippen molar-refractivity contribution in [3.05, 3.63) is 30.1 Å². The topological polar surface area (TPSA) is 90.3 Å². The SMILES string of the molecule is CCNC(=NCC(O)c1ccncc1)N1CCN(C(=O)C2CCCO2)CC1. The van der Waals surface area contributed by atoms with Gasteiger partial charge in [0.2, 0.25) is 0 Å². The highest BCUT2D eigenvalue weighted by molar-refractivity contribution is 5.82. The highest BCUT2D eigenvalue weighted by Gasteiger charge is 2.30. The van der Waals surface area contributed by atoms with Gasteiger partial charge >= 0.3 is 0 Å². The highest BCUT2D eigenvalue weighted by atomic mass is 16.5. The largest absolute Gasteiger partial charge is 0.386 e. The predicted molar refractivity (Wildman–Crippen MR) is 102 cm³/mol. The molecule has 2 unspecified atom stereocenters. The number of nitrogens with one attached hydrogen (secondary N) is 1. The first-order valence-corrected chi connectivity index (χ1v) is 9.70. The number of nitrogens with zero attached hydrogens (tertiary/aromatic N) is 4. The van der Waals surface area contributed by atoms with Gasteiger partial charge in [-0.05, 0) is 37.5 Å². The Balaban J connectivity index is 1.55. The van der Waals surface area contributed by atoms with Gasteiger partial charge in [-0.2, -0.15) is 0 Å². The minimum absolute atomic E-state index is 0.113. The van der Waals surface area contributed by atoms with Crippen LogP contribution in [-0.2, 0) is 9.53 Å². The van der Waals surface area contributed by atoms with Gasteiger partial charge < -0.3 is 25.0 Å². The molecule has 2 aliphatic heterocycles. The van der Waals surface area contributed by atoms with E-state index in [2.05, 4.69) is 20.2 Å². The third-order valence-electron chi connectivity index (χ3n) is 4.94. The second-order valence-corrected chi connectivity index (χ2v) is 6.80. The molecule has 0 aromatic carbocycles. The molecule has 1 aromatic heterocycles. The summed E-state index contributed by atoms with van der Waals surface area (Å²) in [5.74, 6) is 0.886. The molecule has 2 fully saturated rings. The second-order valence-electron chi connectivity index (χ2n) is 6.80. The summed E-state index contributed by atoms with van der Waals surface area (Å²) in [6, 6.07) is 3.59. The molecule has 8 heteroatoms. The maximum Gasteiger partial charge on any atom is 0.251 e. The second kappa shape index (κ2) is 9.66. The minimum Gasteiger partial charge on any atom is -0.386 e. The van der Waals surface area contributed by atoms with E-state index in [-0.39, 0.29) is 18.6 Å². The van der Waals surface area contributed by atoms with E-state index in [0.717, 1.165) is 44.0 Å². The van der Waals surface area contributed by atoms with Crippen molar-refractivity contribution in [2.75, 3.05) is 45.9 Å². The van der Waals surface area contributed by atoms with Crippen LogP contribution < -0.4 is 5.32 Å². The van der Waals surface area contributed by atoms with E-state index in [1.54, 1.807) is 24.5 Å². The van der Waals surface area contributed by atoms with Gasteiger partial charge in [-0.3, -0.25) is 14.8 Å². The van der Waals surface area contributed by atoms with E-state index in [9.17, 15) is 9.90 Å². The van der Waals surface area contributed by atoms with Gasteiger partial charge in [-0.1, -0.05) is 0 Å². The van der Waals surface area contributed by atoms with E-state index in [0.29, 0.717) is 19.7 Å².